The Bertz CT molecular complexity index is 1110. The van der Waals surface area contributed by atoms with Crippen LogP contribution in [-0.4, -0.2) is 39.7 Å². The molecule has 124 valence electrons. The molecule has 0 radical (unpaired) electrons. The Balaban J connectivity index is 2.03. The van der Waals surface area contributed by atoms with Crippen molar-refractivity contribution in [3.63, 3.8) is 0 Å². The Labute approximate surface area is 140 Å². The average molecular weight is 336 g/mol. The van der Waals surface area contributed by atoms with E-state index in [4.69, 9.17) is 0 Å². The van der Waals surface area contributed by atoms with Crippen LogP contribution in [0.4, 0.5) is 5.69 Å². The number of fused-ring (bicyclic) bond motifs is 1. The number of nitro groups is 1. The number of aryl methyl sites for hydroxylation is 2. The van der Waals surface area contributed by atoms with E-state index in [9.17, 15) is 10.1 Å². The molecule has 0 atom stereocenters. The van der Waals surface area contributed by atoms with Crippen molar-refractivity contribution in [2.75, 3.05) is 0 Å². The van der Waals surface area contributed by atoms with Gasteiger partial charge < -0.3 is 0 Å². The van der Waals surface area contributed by atoms with Gasteiger partial charge in [-0.25, -0.2) is 14.6 Å². The number of aromatic nitrogens is 7. The van der Waals surface area contributed by atoms with Gasteiger partial charge in [-0.3, -0.25) is 10.1 Å². The second-order valence-electron chi connectivity index (χ2n) is 5.46. The summed E-state index contributed by atoms with van der Waals surface area (Å²) in [6, 6.07) is 8.97. The number of nitrogens with zero attached hydrogens (tertiary/aromatic N) is 8. The molecule has 0 aliphatic rings. The smallest absolute Gasteiger partial charge is 0.258 e. The highest BCUT2D eigenvalue weighted by Crippen LogP contribution is 2.28. The third kappa shape index (κ3) is 2.31. The Kier molecular flexibility index (Phi) is 3.24. The van der Waals surface area contributed by atoms with Crippen molar-refractivity contribution in [3.05, 3.63) is 58.2 Å². The van der Waals surface area contributed by atoms with Gasteiger partial charge in [-0.05, 0) is 32.0 Å². The van der Waals surface area contributed by atoms with Gasteiger partial charge in [0, 0.05) is 5.69 Å². The predicted octanol–water partition coefficient (Wildman–Crippen LogP) is 1.92. The van der Waals surface area contributed by atoms with Gasteiger partial charge in [0.1, 0.15) is 11.8 Å². The first-order chi connectivity index (χ1) is 12.1. The second kappa shape index (κ2) is 5.44. The van der Waals surface area contributed by atoms with E-state index in [1.54, 1.807) is 25.1 Å². The summed E-state index contributed by atoms with van der Waals surface area (Å²) >= 11 is 0. The molecule has 10 nitrogen and oxygen atoms in total. The maximum absolute atomic E-state index is 11.8. The highest BCUT2D eigenvalue weighted by atomic mass is 16.6. The second-order valence-corrected chi connectivity index (χ2v) is 5.46. The molecule has 0 saturated carbocycles. The summed E-state index contributed by atoms with van der Waals surface area (Å²) in [5, 5.41) is 24.1. The van der Waals surface area contributed by atoms with Crippen molar-refractivity contribution in [2.24, 2.45) is 0 Å². The van der Waals surface area contributed by atoms with Crippen molar-refractivity contribution in [2.45, 2.75) is 13.8 Å². The lowest BCUT2D eigenvalue weighted by molar-refractivity contribution is -0.385. The molecular weight excluding hydrogens is 324 g/mol. The molecule has 0 N–H and O–H groups in total. The molecular formula is C15H12N8O2. The molecule has 1 aromatic carbocycles. The molecule has 0 aliphatic heterocycles. The van der Waals surface area contributed by atoms with E-state index >= 15 is 0 Å². The third-order valence-electron chi connectivity index (χ3n) is 3.73. The van der Waals surface area contributed by atoms with E-state index in [-0.39, 0.29) is 17.3 Å². The van der Waals surface area contributed by atoms with Crippen LogP contribution < -0.4 is 0 Å². The third-order valence-corrected chi connectivity index (χ3v) is 3.73. The molecule has 0 fully saturated rings. The highest BCUT2D eigenvalue weighted by molar-refractivity contribution is 5.77. The molecule has 0 bridgehead atoms. The van der Waals surface area contributed by atoms with Gasteiger partial charge in [-0.1, -0.05) is 17.3 Å². The summed E-state index contributed by atoms with van der Waals surface area (Å²) in [6.45, 7) is 3.61. The van der Waals surface area contributed by atoms with Gasteiger partial charge in [0.15, 0.2) is 0 Å². The molecule has 10 heteroatoms. The lowest BCUT2D eigenvalue weighted by atomic mass is 10.3. The van der Waals surface area contributed by atoms with E-state index in [1.165, 1.54) is 15.7 Å². The summed E-state index contributed by atoms with van der Waals surface area (Å²) in [4.78, 5) is 19.4. The molecule has 3 heterocycles. The van der Waals surface area contributed by atoms with Crippen molar-refractivity contribution in [1.82, 2.24) is 34.7 Å². The zero-order valence-corrected chi connectivity index (χ0v) is 13.4. The molecule has 3 aromatic heterocycles. The minimum absolute atomic E-state index is 0.0382. The van der Waals surface area contributed by atoms with Crippen LogP contribution in [0.15, 0.2) is 36.7 Å². The van der Waals surface area contributed by atoms with E-state index < -0.39 is 4.92 Å². The first-order valence-electron chi connectivity index (χ1n) is 7.40. The van der Waals surface area contributed by atoms with Crippen molar-refractivity contribution < 1.29 is 4.92 Å². The molecule has 0 saturated heterocycles. The lowest BCUT2D eigenvalue weighted by Gasteiger charge is -2.07. The van der Waals surface area contributed by atoms with Crippen molar-refractivity contribution in [1.29, 1.82) is 0 Å². The predicted molar refractivity (Wildman–Crippen MR) is 87.7 cm³/mol. The fraction of sp³-hybridized carbons (Fsp3) is 0.133. The van der Waals surface area contributed by atoms with Crippen molar-refractivity contribution >= 4 is 16.7 Å². The van der Waals surface area contributed by atoms with Crippen LogP contribution in [0.5, 0.6) is 0 Å². The summed E-state index contributed by atoms with van der Waals surface area (Å²) in [6.07, 6.45) is 1.25. The SMILES string of the molecule is Cc1cc(C)n(-c2ncnc(-n3nnc4ccccc43)c2[N+](=O)[O-])n1. The first kappa shape index (κ1) is 14.9. The maximum atomic E-state index is 11.8. The summed E-state index contributed by atoms with van der Waals surface area (Å²) in [5.41, 5.74) is 2.41. The first-order valence-corrected chi connectivity index (χ1v) is 7.40. The van der Waals surface area contributed by atoms with Crippen LogP contribution in [0.25, 0.3) is 22.7 Å². The molecule has 0 spiro atoms. The zero-order valence-electron chi connectivity index (χ0n) is 13.4. The molecule has 4 rings (SSSR count). The van der Waals surface area contributed by atoms with Gasteiger partial charge in [-0.2, -0.15) is 9.78 Å². The molecule has 0 amide bonds. The minimum atomic E-state index is -0.530. The normalized spacial score (nSPS) is 11.1. The van der Waals surface area contributed by atoms with E-state index in [0.717, 1.165) is 11.4 Å². The zero-order chi connectivity index (χ0) is 17.6. The minimum Gasteiger partial charge on any atom is -0.258 e. The van der Waals surface area contributed by atoms with Gasteiger partial charge >= 0.3 is 5.69 Å². The number of benzene rings is 1. The van der Waals surface area contributed by atoms with Crippen LogP contribution in [0.2, 0.25) is 0 Å². The van der Waals surface area contributed by atoms with Gasteiger partial charge in [-0.15, -0.1) is 5.10 Å². The van der Waals surface area contributed by atoms with Gasteiger partial charge in [0.25, 0.3) is 0 Å². The van der Waals surface area contributed by atoms with Crippen molar-refractivity contribution in [3.8, 4) is 11.6 Å². The monoisotopic (exact) mass is 336 g/mol. The number of para-hydroxylation sites is 1. The van der Waals surface area contributed by atoms with E-state index in [1.807, 2.05) is 19.1 Å². The van der Waals surface area contributed by atoms with Crippen LogP contribution in [0, 0.1) is 24.0 Å². The van der Waals surface area contributed by atoms with E-state index in [2.05, 4.69) is 25.4 Å². The summed E-state index contributed by atoms with van der Waals surface area (Å²) in [5.74, 6) is 0.122. The summed E-state index contributed by atoms with van der Waals surface area (Å²) < 4.78 is 2.77. The van der Waals surface area contributed by atoms with Crippen LogP contribution in [0.1, 0.15) is 11.4 Å². The van der Waals surface area contributed by atoms with Crippen LogP contribution >= 0.6 is 0 Å². The molecule has 4 aromatic rings. The lowest BCUT2D eigenvalue weighted by Crippen LogP contribution is -2.12. The Morgan fingerprint density at radius 3 is 2.48 bits per heavy atom. The highest BCUT2D eigenvalue weighted by Gasteiger charge is 2.28. The largest absolute Gasteiger partial charge is 0.358 e. The van der Waals surface area contributed by atoms with Gasteiger partial charge in [0.2, 0.25) is 11.6 Å². The maximum Gasteiger partial charge on any atom is 0.358 e. The number of hydrogen-bond acceptors (Lipinski definition) is 7. The van der Waals surface area contributed by atoms with E-state index in [0.29, 0.717) is 11.0 Å². The Morgan fingerprint density at radius 2 is 1.80 bits per heavy atom. The number of hydrogen-bond donors (Lipinski definition) is 0. The van der Waals surface area contributed by atoms with Gasteiger partial charge in [0.05, 0.1) is 16.1 Å². The van der Waals surface area contributed by atoms with Crippen LogP contribution in [0.3, 0.4) is 0 Å². The molecule has 25 heavy (non-hydrogen) atoms. The summed E-state index contributed by atoms with van der Waals surface area (Å²) in [7, 11) is 0. The fourth-order valence-corrected chi connectivity index (χ4v) is 2.70. The van der Waals surface area contributed by atoms with Crippen LogP contribution in [-0.2, 0) is 0 Å². The average Bonchev–Trinajstić information content (AvgIpc) is 3.16. The Hall–Kier alpha value is -3.69. The Morgan fingerprint density at radius 1 is 1.08 bits per heavy atom. The standard InChI is InChI=1S/C15H12N8O2/c1-9-7-10(2)21(19-9)14-13(23(24)25)15(17-8-16-14)22-12-6-4-3-5-11(12)18-20-22/h3-8H,1-2H3. The molecule has 0 unspecified atom stereocenters. The number of rotatable bonds is 3. The fourth-order valence-electron chi connectivity index (χ4n) is 2.70. The topological polar surface area (TPSA) is 117 Å². The molecule has 0 aliphatic carbocycles. The quantitative estimate of drug-likeness (QED) is 0.414.